The highest BCUT2D eigenvalue weighted by Gasteiger charge is 2.51. The molecule has 3 aliphatic carbocycles. The van der Waals surface area contributed by atoms with Crippen molar-refractivity contribution in [3.8, 4) is 67.5 Å². The van der Waals surface area contributed by atoms with Crippen molar-refractivity contribution in [1.82, 2.24) is 15.0 Å². The molecule has 0 aliphatic heterocycles. The Bertz CT molecular complexity index is 2870. The Balaban J connectivity index is 1.12. The molecule has 11 rings (SSSR count). The number of fused-ring (bicyclic) bond motifs is 11. The number of nitrogens with zero attached hydrogens (tertiary/aromatic N) is 3. The van der Waals surface area contributed by atoms with E-state index in [1.165, 1.54) is 62.1 Å². The summed E-state index contributed by atoms with van der Waals surface area (Å²) in [6.45, 7) is 9.50. The van der Waals surface area contributed by atoms with Gasteiger partial charge in [0.05, 0.1) is 5.41 Å². The summed E-state index contributed by atoms with van der Waals surface area (Å²) in [4.78, 5) is 15.9. The normalized spacial score (nSPS) is 16.0. The zero-order valence-electron chi connectivity index (χ0n) is 32.8. The molecule has 0 fully saturated rings. The Hall–Kier alpha value is -6.45. The average molecular weight is 734 g/mol. The molecule has 3 heteroatoms. The fourth-order valence-electron chi connectivity index (χ4n) is 10.2. The summed E-state index contributed by atoms with van der Waals surface area (Å²) in [5.41, 5.74) is 18.2. The van der Waals surface area contributed by atoms with Crippen LogP contribution in [0.25, 0.3) is 67.5 Å². The lowest BCUT2D eigenvalue weighted by Gasteiger charge is -2.42. The Morgan fingerprint density at radius 2 is 0.737 bits per heavy atom. The van der Waals surface area contributed by atoms with Gasteiger partial charge in [0.2, 0.25) is 0 Å². The Kier molecular flexibility index (Phi) is 7.29. The van der Waals surface area contributed by atoms with E-state index in [-0.39, 0.29) is 10.8 Å². The topological polar surface area (TPSA) is 38.7 Å². The fraction of sp³-hybridized carbons (Fsp3) is 0.167. The van der Waals surface area contributed by atoms with Gasteiger partial charge < -0.3 is 0 Å². The quantitative estimate of drug-likeness (QED) is 0.181. The molecule has 8 aromatic rings. The fourth-order valence-corrected chi connectivity index (χ4v) is 10.2. The van der Waals surface area contributed by atoms with Crippen molar-refractivity contribution in [2.45, 2.75) is 56.8 Å². The maximum absolute atomic E-state index is 5.33. The van der Waals surface area contributed by atoms with Gasteiger partial charge in [-0.15, -0.1) is 0 Å². The monoisotopic (exact) mass is 733 g/mol. The van der Waals surface area contributed by atoms with Gasteiger partial charge in [-0.3, -0.25) is 0 Å². The predicted octanol–water partition coefficient (Wildman–Crippen LogP) is 13.2. The molecular formula is C54H43N3. The van der Waals surface area contributed by atoms with Gasteiger partial charge in [0.15, 0.2) is 17.5 Å². The van der Waals surface area contributed by atoms with E-state index in [1.807, 2.05) is 0 Å². The van der Waals surface area contributed by atoms with Crippen molar-refractivity contribution < 1.29 is 0 Å². The first-order valence-corrected chi connectivity index (χ1v) is 20.2. The molecule has 1 aromatic heterocycles. The van der Waals surface area contributed by atoms with Gasteiger partial charge in [0.25, 0.3) is 0 Å². The molecule has 0 atom stereocenters. The molecule has 7 aromatic carbocycles. The molecule has 0 saturated heterocycles. The first-order valence-electron chi connectivity index (χ1n) is 20.2. The van der Waals surface area contributed by atoms with Crippen LogP contribution in [-0.4, -0.2) is 15.0 Å². The molecule has 3 nitrogen and oxygen atoms in total. The molecule has 3 aliphatic rings. The van der Waals surface area contributed by atoms with Crippen LogP contribution in [0.15, 0.2) is 164 Å². The zero-order chi connectivity index (χ0) is 38.5. The molecule has 1 heterocycles. The summed E-state index contributed by atoms with van der Waals surface area (Å²) in [6, 6.07) is 59.8. The summed E-state index contributed by atoms with van der Waals surface area (Å²) >= 11 is 0. The van der Waals surface area contributed by atoms with Crippen LogP contribution in [0.2, 0.25) is 0 Å². The molecule has 1 spiro atoms. The van der Waals surface area contributed by atoms with E-state index in [0.29, 0.717) is 17.5 Å². The third-order valence-corrected chi connectivity index (χ3v) is 13.2. The minimum Gasteiger partial charge on any atom is -0.208 e. The molecule has 274 valence electrons. The number of rotatable bonds is 4. The third-order valence-electron chi connectivity index (χ3n) is 13.2. The van der Waals surface area contributed by atoms with E-state index >= 15 is 0 Å². The van der Waals surface area contributed by atoms with Crippen LogP contribution in [0.5, 0.6) is 0 Å². The van der Waals surface area contributed by atoms with Crippen LogP contribution in [0.1, 0.15) is 73.9 Å². The second-order valence-corrected chi connectivity index (χ2v) is 17.4. The lowest BCUT2D eigenvalue weighted by atomic mass is 9.63. The van der Waals surface area contributed by atoms with Gasteiger partial charge in [-0.2, -0.15) is 0 Å². The van der Waals surface area contributed by atoms with Crippen LogP contribution < -0.4 is 0 Å². The van der Waals surface area contributed by atoms with E-state index < -0.39 is 5.41 Å². The Morgan fingerprint density at radius 3 is 1.33 bits per heavy atom. The van der Waals surface area contributed by atoms with E-state index in [0.717, 1.165) is 34.2 Å². The maximum Gasteiger partial charge on any atom is 0.164 e. The van der Waals surface area contributed by atoms with Gasteiger partial charge in [-0.1, -0.05) is 173 Å². The van der Waals surface area contributed by atoms with E-state index in [2.05, 4.69) is 191 Å². The predicted molar refractivity (Wildman–Crippen MR) is 233 cm³/mol. The second kappa shape index (κ2) is 12.3. The van der Waals surface area contributed by atoms with Crippen molar-refractivity contribution in [2.24, 2.45) is 0 Å². The minimum atomic E-state index is -0.394. The molecule has 0 bridgehead atoms. The number of hydrogen-bond acceptors (Lipinski definition) is 3. The summed E-state index contributed by atoms with van der Waals surface area (Å²) < 4.78 is 0. The number of aromatic nitrogens is 3. The number of hydrogen-bond donors (Lipinski definition) is 0. The molecular weight excluding hydrogens is 691 g/mol. The molecule has 0 saturated carbocycles. The highest BCUT2D eigenvalue weighted by atomic mass is 15.0. The van der Waals surface area contributed by atoms with Gasteiger partial charge in [0, 0.05) is 16.7 Å². The van der Waals surface area contributed by atoms with E-state index in [1.54, 1.807) is 0 Å². The highest BCUT2D eigenvalue weighted by molar-refractivity contribution is 5.96. The van der Waals surface area contributed by atoms with Crippen LogP contribution in [-0.2, 0) is 16.2 Å². The van der Waals surface area contributed by atoms with Crippen molar-refractivity contribution >= 4 is 0 Å². The first kappa shape index (κ1) is 33.9. The zero-order valence-corrected chi connectivity index (χ0v) is 32.8. The average Bonchev–Trinajstić information content (AvgIpc) is 3.72. The van der Waals surface area contributed by atoms with Crippen molar-refractivity contribution in [3.05, 3.63) is 197 Å². The molecule has 0 N–H and O–H groups in total. The Morgan fingerprint density at radius 1 is 0.316 bits per heavy atom. The lowest BCUT2D eigenvalue weighted by molar-refractivity contribution is 0.332. The van der Waals surface area contributed by atoms with E-state index in [9.17, 15) is 0 Å². The van der Waals surface area contributed by atoms with Gasteiger partial charge >= 0.3 is 0 Å². The maximum atomic E-state index is 5.33. The van der Waals surface area contributed by atoms with Crippen LogP contribution in [0.4, 0.5) is 0 Å². The molecule has 0 amide bonds. The number of benzene rings is 7. The third kappa shape index (κ3) is 5.01. The SMILES string of the molecule is CC1(C)CCC(C)(C)c2cc(-c3nc(-c4cccc(-c5ccccc5)c4)nc(-c4ccc5c(c4)-c4ccccc4C54c5ccccc5-c5ccccc54)n3)ccc21. The van der Waals surface area contributed by atoms with Crippen LogP contribution in [0, 0.1) is 0 Å². The van der Waals surface area contributed by atoms with Gasteiger partial charge in [0.1, 0.15) is 0 Å². The molecule has 0 radical (unpaired) electrons. The minimum absolute atomic E-state index is 0.0599. The smallest absolute Gasteiger partial charge is 0.164 e. The van der Waals surface area contributed by atoms with Crippen molar-refractivity contribution in [1.29, 1.82) is 0 Å². The largest absolute Gasteiger partial charge is 0.208 e. The van der Waals surface area contributed by atoms with Gasteiger partial charge in [-0.05, 0) is 109 Å². The molecule has 57 heavy (non-hydrogen) atoms. The lowest BCUT2D eigenvalue weighted by Crippen LogP contribution is -2.33. The molecule has 0 unspecified atom stereocenters. The van der Waals surface area contributed by atoms with Crippen LogP contribution in [0.3, 0.4) is 0 Å². The summed E-state index contributed by atoms with van der Waals surface area (Å²) in [5, 5.41) is 0. The highest BCUT2D eigenvalue weighted by Crippen LogP contribution is 2.63. The summed E-state index contributed by atoms with van der Waals surface area (Å²) in [5.74, 6) is 2.03. The van der Waals surface area contributed by atoms with Crippen LogP contribution >= 0.6 is 0 Å². The second-order valence-electron chi connectivity index (χ2n) is 17.4. The van der Waals surface area contributed by atoms with Crippen molar-refractivity contribution in [2.75, 3.05) is 0 Å². The summed E-state index contributed by atoms with van der Waals surface area (Å²) in [7, 11) is 0. The first-order chi connectivity index (χ1) is 27.7. The summed E-state index contributed by atoms with van der Waals surface area (Å²) in [6.07, 6.45) is 2.31. The Labute approximate surface area is 335 Å². The standard InChI is InChI=1S/C54H43N3/c1-52(2)29-30-53(3,4)48-33-38(26-28-47(48)52)51-56-49(36-18-14-17-35(31-36)34-15-6-5-7-16-34)55-50(57-51)37-25-27-46-42(32-37)41-21-10-13-24-45(41)54(46)43-22-11-8-19-39(43)40-20-9-12-23-44(40)54/h5-28,31-33H,29-30H2,1-4H3. The van der Waals surface area contributed by atoms with Gasteiger partial charge in [-0.25, -0.2) is 15.0 Å². The van der Waals surface area contributed by atoms with Crippen molar-refractivity contribution in [3.63, 3.8) is 0 Å². The van der Waals surface area contributed by atoms with E-state index in [4.69, 9.17) is 15.0 Å².